The van der Waals surface area contributed by atoms with Gasteiger partial charge < -0.3 is 4.52 Å². The Hall–Kier alpha value is -1.68. The molecule has 0 radical (unpaired) electrons. The minimum atomic E-state index is -0.232. The van der Waals surface area contributed by atoms with E-state index in [-0.39, 0.29) is 5.82 Å². The molecule has 1 fully saturated rings. The van der Waals surface area contributed by atoms with Crippen molar-refractivity contribution in [2.24, 2.45) is 5.92 Å². The molecule has 0 atom stereocenters. The molecule has 3 nitrogen and oxygen atoms in total. The third-order valence-electron chi connectivity index (χ3n) is 4.22. The lowest BCUT2D eigenvalue weighted by atomic mass is 10.0. The summed E-state index contributed by atoms with van der Waals surface area (Å²) in [5.41, 5.74) is 2.76. The maximum Gasteiger partial charge on any atom is 0.143 e. The van der Waals surface area contributed by atoms with Crippen molar-refractivity contribution >= 4 is 0 Å². The highest BCUT2D eigenvalue weighted by Crippen LogP contribution is 2.34. The zero-order chi connectivity index (χ0) is 13.5. The van der Waals surface area contributed by atoms with Gasteiger partial charge in [-0.25, -0.2) is 4.39 Å². The van der Waals surface area contributed by atoms with Gasteiger partial charge in [-0.2, -0.15) is 0 Å². The van der Waals surface area contributed by atoms with Crippen molar-refractivity contribution in [3.05, 3.63) is 41.4 Å². The van der Waals surface area contributed by atoms with Crippen LogP contribution in [0.5, 0.6) is 0 Å². The van der Waals surface area contributed by atoms with E-state index in [0.29, 0.717) is 0 Å². The van der Waals surface area contributed by atoms with Crippen LogP contribution in [0, 0.1) is 11.7 Å². The van der Waals surface area contributed by atoms with Gasteiger partial charge in [0, 0.05) is 37.2 Å². The van der Waals surface area contributed by atoms with Gasteiger partial charge in [0.2, 0.25) is 0 Å². The van der Waals surface area contributed by atoms with Crippen LogP contribution in [-0.4, -0.2) is 23.1 Å². The molecule has 2 aliphatic rings. The second-order valence-electron chi connectivity index (χ2n) is 5.87. The molecule has 1 aromatic carbocycles. The Balaban J connectivity index is 1.64. The van der Waals surface area contributed by atoms with Crippen molar-refractivity contribution in [2.75, 3.05) is 13.1 Å². The van der Waals surface area contributed by atoms with Crippen LogP contribution in [0.3, 0.4) is 0 Å². The van der Waals surface area contributed by atoms with E-state index in [2.05, 4.69) is 10.1 Å². The molecule has 0 spiro atoms. The monoisotopic (exact) mass is 272 g/mol. The van der Waals surface area contributed by atoms with Crippen LogP contribution in [0.4, 0.5) is 4.39 Å². The molecule has 4 rings (SSSR count). The predicted octanol–water partition coefficient (Wildman–Crippen LogP) is 3.25. The van der Waals surface area contributed by atoms with Crippen LogP contribution in [0.15, 0.2) is 28.8 Å². The maximum absolute atomic E-state index is 13.4. The number of fused-ring (bicyclic) bond motifs is 1. The Kier molecular flexibility index (Phi) is 2.84. The van der Waals surface area contributed by atoms with Crippen LogP contribution in [0.1, 0.15) is 24.2 Å². The van der Waals surface area contributed by atoms with Gasteiger partial charge in [-0.15, -0.1) is 0 Å². The van der Waals surface area contributed by atoms with Gasteiger partial charge in [-0.1, -0.05) is 17.3 Å². The summed E-state index contributed by atoms with van der Waals surface area (Å²) in [5, 5.41) is 4.17. The highest BCUT2D eigenvalue weighted by Gasteiger charge is 2.29. The number of aromatic nitrogens is 1. The maximum atomic E-state index is 13.4. The molecule has 0 bridgehead atoms. The lowest BCUT2D eigenvalue weighted by Crippen LogP contribution is -2.31. The van der Waals surface area contributed by atoms with Gasteiger partial charge in [0.15, 0.2) is 0 Å². The van der Waals surface area contributed by atoms with Crippen molar-refractivity contribution in [3.63, 3.8) is 0 Å². The van der Waals surface area contributed by atoms with Crippen molar-refractivity contribution in [2.45, 2.75) is 25.8 Å². The first kappa shape index (κ1) is 12.1. The Morgan fingerprint density at radius 2 is 2.25 bits per heavy atom. The molecule has 4 heteroatoms. The molecule has 2 heterocycles. The summed E-state index contributed by atoms with van der Waals surface area (Å²) in [6, 6.07) is 6.59. The highest BCUT2D eigenvalue weighted by molar-refractivity contribution is 5.63. The fourth-order valence-electron chi connectivity index (χ4n) is 2.95. The highest BCUT2D eigenvalue weighted by atomic mass is 19.1. The normalized spacial score (nSPS) is 19.1. The van der Waals surface area contributed by atoms with E-state index < -0.39 is 0 Å². The van der Waals surface area contributed by atoms with Gasteiger partial charge in [0.25, 0.3) is 0 Å². The van der Waals surface area contributed by atoms with Gasteiger partial charge >= 0.3 is 0 Å². The van der Waals surface area contributed by atoms with Crippen LogP contribution in [-0.2, 0) is 13.0 Å². The van der Waals surface area contributed by atoms with E-state index in [1.54, 1.807) is 6.07 Å². The molecule has 0 unspecified atom stereocenters. The van der Waals surface area contributed by atoms with E-state index in [9.17, 15) is 4.39 Å². The van der Waals surface area contributed by atoms with Crippen LogP contribution in [0.25, 0.3) is 11.3 Å². The number of hydrogen-bond acceptors (Lipinski definition) is 3. The van der Waals surface area contributed by atoms with E-state index in [0.717, 1.165) is 48.0 Å². The zero-order valence-corrected chi connectivity index (χ0v) is 11.3. The average Bonchev–Trinajstić information content (AvgIpc) is 3.16. The van der Waals surface area contributed by atoms with E-state index >= 15 is 0 Å². The Morgan fingerprint density at radius 3 is 3.05 bits per heavy atom. The Bertz CT molecular complexity index is 633. The topological polar surface area (TPSA) is 29.3 Å². The summed E-state index contributed by atoms with van der Waals surface area (Å²) in [6.07, 6.45) is 3.64. The van der Waals surface area contributed by atoms with Crippen molar-refractivity contribution in [3.8, 4) is 11.3 Å². The van der Waals surface area contributed by atoms with E-state index in [4.69, 9.17) is 4.52 Å². The summed E-state index contributed by atoms with van der Waals surface area (Å²) in [5.74, 6) is 1.62. The standard InChI is InChI=1S/C16H17FN2O/c17-13-3-1-2-12(8-13)16-14-10-19(9-11-4-5-11)7-6-15(14)20-18-16/h1-3,8,11H,4-7,9-10H2. The first-order valence-corrected chi connectivity index (χ1v) is 7.25. The largest absolute Gasteiger partial charge is 0.360 e. The number of hydrogen-bond donors (Lipinski definition) is 0. The number of benzene rings is 1. The molecule has 1 saturated carbocycles. The van der Waals surface area contributed by atoms with E-state index in [1.807, 2.05) is 6.07 Å². The summed E-state index contributed by atoms with van der Waals surface area (Å²) < 4.78 is 18.8. The Morgan fingerprint density at radius 1 is 1.35 bits per heavy atom. The molecule has 2 aromatic rings. The minimum absolute atomic E-state index is 0.232. The van der Waals surface area contributed by atoms with Crippen LogP contribution >= 0.6 is 0 Å². The molecule has 1 aliphatic carbocycles. The quantitative estimate of drug-likeness (QED) is 0.859. The van der Waals surface area contributed by atoms with Gasteiger partial charge in [0.1, 0.15) is 17.3 Å². The lowest BCUT2D eigenvalue weighted by Gasteiger charge is -2.25. The van der Waals surface area contributed by atoms with Gasteiger partial charge in [-0.05, 0) is 30.9 Å². The molecule has 0 N–H and O–H groups in total. The van der Waals surface area contributed by atoms with Crippen molar-refractivity contribution in [1.29, 1.82) is 0 Å². The van der Waals surface area contributed by atoms with E-state index in [1.165, 1.54) is 31.5 Å². The SMILES string of the molecule is Fc1cccc(-c2noc3c2CN(CC2CC2)CC3)c1. The van der Waals surface area contributed by atoms with Gasteiger partial charge in [0.05, 0.1) is 0 Å². The zero-order valence-electron chi connectivity index (χ0n) is 11.3. The molecular weight excluding hydrogens is 255 g/mol. The third-order valence-corrected chi connectivity index (χ3v) is 4.22. The first-order valence-electron chi connectivity index (χ1n) is 7.25. The summed E-state index contributed by atoms with van der Waals surface area (Å²) >= 11 is 0. The Labute approximate surface area is 117 Å². The average molecular weight is 272 g/mol. The van der Waals surface area contributed by atoms with Crippen molar-refractivity contribution < 1.29 is 8.91 Å². The molecule has 0 amide bonds. The third kappa shape index (κ3) is 2.24. The second kappa shape index (κ2) is 4.70. The predicted molar refractivity (Wildman–Crippen MR) is 73.6 cm³/mol. The summed E-state index contributed by atoms with van der Waals surface area (Å²) in [6.45, 7) is 3.09. The lowest BCUT2D eigenvalue weighted by molar-refractivity contribution is 0.228. The summed E-state index contributed by atoms with van der Waals surface area (Å²) in [4.78, 5) is 2.47. The smallest absolute Gasteiger partial charge is 0.143 e. The fourth-order valence-corrected chi connectivity index (χ4v) is 2.95. The molecule has 20 heavy (non-hydrogen) atoms. The molecule has 1 aromatic heterocycles. The number of nitrogens with zero attached hydrogens (tertiary/aromatic N) is 2. The van der Waals surface area contributed by atoms with Crippen LogP contribution in [0.2, 0.25) is 0 Å². The number of halogens is 1. The van der Waals surface area contributed by atoms with Crippen molar-refractivity contribution in [1.82, 2.24) is 10.1 Å². The summed E-state index contributed by atoms with van der Waals surface area (Å²) in [7, 11) is 0. The molecular formula is C16H17FN2O. The number of rotatable bonds is 3. The molecule has 1 aliphatic heterocycles. The molecule has 0 saturated heterocycles. The minimum Gasteiger partial charge on any atom is -0.360 e. The molecule has 104 valence electrons. The fraction of sp³-hybridized carbons (Fsp3) is 0.438. The van der Waals surface area contributed by atoms with Gasteiger partial charge in [-0.3, -0.25) is 4.90 Å². The first-order chi connectivity index (χ1) is 9.79. The van der Waals surface area contributed by atoms with Crippen LogP contribution < -0.4 is 0 Å². The second-order valence-corrected chi connectivity index (χ2v) is 5.87.